The fraction of sp³-hybridized carbons (Fsp3) is 0.643. The minimum atomic E-state index is -0.454. The molecule has 0 aliphatic heterocycles. The minimum Gasteiger partial charge on any atom is -0.338 e. The second kappa shape index (κ2) is 8.71. The summed E-state index contributed by atoms with van der Waals surface area (Å²) in [5, 5.41) is 5.65. The Morgan fingerprint density at radius 1 is 1.29 bits per heavy atom. The number of nitrogens with one attached hydrogen (secondary N) is 2. The number of hydrogen-bond donors (Lipinski definition) is 2. The van der Waals surface area contributed by atoms with Gasteiger partial charge in [0, 0.05) is 18.8 Å². The molecule has 0 atom stereocenters. The van der Waals surface area contributed by atoms with Crippen molar-refractivity contribution < 1.29 is 9.59 Å². The first-order valence-electron chi connectivity index (χ1n) is 7.23. The van der Waals surface area contributed by atoms with E-state index in [1.165, 1.54) is 11.8 Å². The number of thioether (sulfide) groups is 1. The predicted molar refractivity (Wildman–Crippen MR) is 84.5 cm³/mol. The molecule has 0 fully saturated rings. The van der Waals surface area contributed by atoms with Crippen LogP contribution in [0.2, 0.25) is 0 Å². The Balaban J connectivity index is 2.60. The van der Waals surface area contributed by atoms with Crippen LogP contribution in [-0.2, 0) is 11.3 Å². The van der Waals surface area contributed by atoms with Crippen LogP contribution in [0.1, 0.15) is 38.1 Å². The first-order chi connectivity index (χ1) is 9.99. The summed E-state index contributed by atoms with van der Waals surface area (Å²) < 4.78 is 2.14. The van der Waals surface area contributed by atoms with Gasteiger partial charge >= 0.3 is 6.03 Å². The van der Waals surface area contributed by atoms with Crippen LogP contribution in [0.25, 0.3) is 0 Å². The highest BCUT2D eigenvalue weighted by molar-refractivity contribution is 7.99. The molecule has 1 rings (SSSR count). The summed E-state index contributed by atoms with van der Waals surface area (Å²) in [6, 6.07) is -0.454. The van der Waals surface area contributed by atoms with Gasteiger partial charge in [-0.1, -0.05) is 25.1 Å². The van der Waals surface area contributed by atoms with E-state index in [-0.39, 0.29) is 11.7 Å². The third-order valence-electron chi connectivity index (χ3n) is 3.08. The quantitative estimate of drug-likeness (QED) is 0.757. The first-order valence-corrected chi connectivity index (χ1v) is 8.22. The number of imide groups is 1. The predicted octanol–water partition coefficient (Wildman–Crippen LogP) is 2.24. The van der Waals surface area contributed by atoms with Gasteiger partial charge in [-0.25, -0.2) is 9.78 Å². The first kappa shape index (κ1) is 17.6. The molecular weight excluding hydrogens is 288 g/mol. The van der Waals surface area contributed by atoms with E-state index >= 15 is 0 Å². The van der Waals surface area contributed by atoms with E-state index < -0.39 is 6.03 Å². The molecule has 0 radical (unpaired) electrons. The smallest absolute Gasteiger partial charge is 0.321 e. The van der Waals surface area contributed by atoms with Crippen molar-refractivity contribution in [1.29, 1.82) is 0 Å². The molecule has 2 N–H and O–H groups in total. The topological polar surface area (TPSA) is 76.0 Å². The van der Waals surface area contributed by atoms with Crippen LogP contribution in [0, 0.1) is 13.8 Å². The number of carbonyl (C=O) groups excluding carboxylic acids is 2. The molecule has 0 saturated heterocycles. The molecule has 0 aliphatic carbocycles. The van der Waals surface area contributed by atoms with Gasteiger partial charge in [-0.05, 0) is 27.2 Å². The van der Waals surface area contributed by atoms with E-state index in [2.05, 4.69) is 27.1 Å². The van der Waals surface area contributed by atoms with Gasteiger partial charge in [-0.2, -0.15) is 0 Å². The molecule has 118 valence electrons. The maximum absolute atomic E-state index is 11.7. The van der Waals surface area contributed by atoms with Gasteiger partial charge < -0.3 is 9.88 Å². The Kier molecular flexibility index (Phi) is 7.28. The maximum atomic E-state index is 11.7. The molecule has 6 nitrogen and oxygen atoms in total. The number of nitrogens with zero attached hydrogens (tertiary/aromatic N) is 2. The molecule has 0 spiro atoms. The second-order valence-corrected chi connectivity index (χ2v) is 5.71. The van der Waals surface area contributed by atoms with Crippen molar-refractivity contribution in [2.24, 2.45) is 0 Å². The van der Waals surface area contributed by atoms with Crippen molar-refractivity contribution in [3.63, 3.8) is 0 Å². The molecule has 21 heavy (non-hydrogen) atoms. The molecule has 0 saturated carbocycles. The van der Waals surface area contributed by atoms with Crippen LogP contribution >= 0.6 is 11.8 Å². The van der Waals surface area contributed by atoms with Gasteiger partial charge in [0.05, 0.1) is 11.4 Å². The number of rotatable bonds is 7. The summed E-state index contributed by atoms with van der Waals surface area (Å²) in [5.41, 5.74) is 2.12. The Labute approximate surface area is 130 Å². The largest absolute Gasteiger partial charge is 0.338 e. The molecule has 0 bridgehead atoms. The third kappa shape index (κ3) is 5.41. The summed E-state index contributed by atoms with van der Waals surface area (Å²) in [5.74, 6) is -0.134. The molecule has 7 heteroatoms. The van der Waals surface area contributed by atoms with Gasteiger partial charge in [0.15, 0.2) is 5.16 Å². The highest BCUT2D eigenvalue weighted by atomic mass is 32.2. The van der Waals surface area contributed by atoms with Gasteiger partial charge in [-0.15, -0.1) is 0 Å². The fourth-order valence-corrected chi connectivity index (χ4v) is 2.73. The summed E-state index contributed by atoms with van der Waals surface area (Å²) in [6.07, 6.45) is 2.19. The van der Waals surface area contributed by atoms with Crippen molar-refractivity contribution in [2.75, 3.05) is 12.3 Å². The highest BCUT2D eigenvalue weighted by Gasteiger charge is 2.14. The summed E-state index contributed by atoms with van der Waals surface area (Å²) in [7, 11) is 0. The van der Waals surface area contributed by atoms with E-state index in [0.717, 1.165) is 35.9 Å². The maximum Gasteiger partial charge on any atom is 0.321 e. The average Bonchev–Trinajstić information content (AvgIpc) is 2.70. The Bertz CT molecular complexity index is 499. The number of amides is 3. The van der Waals surface area contributed by atoms with Crippen LogP contribution in [0.3, 0.4) is 0 Å². The Morgan fingerprint density at radius 3 is 2.62 bits per heavy atom. The number of unbranched alkanes of at least 4 members (excludes halogenated alkanes) is 1. The second-order valence-electron chi connectivity index (χ2n) is 4.77. The Hall–Kier alpha value is -1.50. The van der Waals surface area contributed by atoms with Gasteiger partial charge in [-0.3, -0.25) is 10.1 Å². The lowest BCUT2D eigenvalue weighted by atomic mass is 10.3. The van der Waals surface area contributed by atoms with Crippen molar-refractivity contribution in [1.82, 2.24) is 20.2 Å². The molecule has 3 amide bonds. The number of carbonyl (C=O) groups is 2. The lowest BCUT2D eigenvalue weighted by Crippen LogP contribution is -2.40. The summed E-state index contributed by atoms with van der Waals surface area (Å²) >= 11 is 1.36. The zero-order chi connectivity index (χ0) is 15.8. The minimum absolute atomic E-state index is 0.180. The van der Waals surface area contributed by atoms with E-state index in [1.54, 1.807) is 6.92 Å². The SMILES string of the molecule is CCCCn1c(SCC(=O)NC(=O)NCC)nc(C)c1C. The van der Waals surface area contributed by atoms with E-state index in [4.69, 9.17) is 0 Å². The molecule has 0 unspecified atom stereocenters. The third-order valence-corrected chi connectivity index (χ3v) is 4.06. The molecule has 1 aromatic rings. The average molecular weight is 312 g/mol. The van der Waals surface area contributed by atoms with E-state index in [1.807, 2.05) is 13.8 Å². The van der Waals surface area contributed by atoms with Crippen LogP contribution in [-0.4, -0.2) is 33.8 Å². The zero-order valence-electron chi connectivity index (χ0n) is 13.2. The normalized spacial score (nSPS) is 10.5. The Morgan fingerprint density at radius 2 is 2.00 bits per heavy atom. The van der Waals surface area contributed by atoms with Crippen molar-refractivity contribution in [3.05, 3.63) is 11.4 Å². The number of hydrogen-bond acceptors (Lipinski definition) is 4. The van der Waals surface area contributed by atoms with E-state index in [0.29, 0.717) is 6.54 Å². The van der Waals surface area contributed by atoms with E-state index in [9.17, 15) is 9.59 Å². The molecule has 1 aromatic heterocycles. The van der Waals surface area contributed by atoms with Gasteiger partial charge in [0.25, 0.3) is 0 Å². The molecule has 0 aromatic carbocycles. The number of aryl methyl sites for hydroxylation is 1. The van der Waals surface area contributed by atoms with Crippen molar-refractivity contribution in [3.8, 4) is 0 Å². The van der Waals surface area contributed by atoms with Gasteiger partial charge in [0.2, 0.25) is 5.91 Å². The lowest BCUT2D eigenvalue weighted by molar-refractivity contribution is -0.117. The number of aromatic nitrogens is 2. The number of imidazole rings is 1. The molecular formula is C14H24N4O2S. The molecule has 1 heterocycles. The zero-order valence-corrected chi connectivity index (χ0v) is 14.0. The van der Waals surface area contributed by atoms with Crippen molar-refractivity contribution in [2.45, 2.75) is 52.2 Å². The van der Waals surface area contributed by atoms with Crippen LogP contribution in [0.4, 0.5) is 4.79 Å². The summed E-state index contributed by atoms with van der Waals surface area (Å²) in [4.78, 5) is 27.4. The number of urea groups is 1. The van der Waals surface area contributed by atoms with Crippen LogP contribution in [0.5, 0.6) is 0 Å². The molecule has 0 aliphatic rings. The van der Waals surface area contributed by atoms with Gasteiger partial charge in [0.1, 0.15) is 0 Å². The fourth-order valence-electron chi connectivity index (χ4n) is 1.81. The lowest BCUT2D eigenvalue weighted by Gasteiger charge is -2.09. The standard InChI is InChI=1S/C14H24N4O2S/c1-5-7-8-18-11(4)10(3)16-14(18)21-9-12(19)17-13(20)15-6-2/h5-9H2,1-4H3,(H2,15,17,19,20). The van der Waals surface area contributed by atoms with Crippen molar-refractivity contribution >= 4 is 23.7 Å². The highest BCUT2D eigenvalue weighted by Crippen LogP contribution is 2.21. The van der Waals surface area contributed by atoms with Crippen LogP contribution in [0.15, 0.2) is 5.16 Å². The summed E-state index contributed by atoms with van der Waals surface area (Å²) in [6.45, 7) is 9.35. The van der Waals surface area contributed by atoms with Crippen LogP contribution < -0.4 is 10.6 Å². The monoisotopic (exact) mass is 312 g/mol.